The van der Waals surface area contributed by atoms with Gasteiger partial charge in [-0.15, -0.1) is 5.10 Å². The molecular formula is C20H24N6O2. The lowest BCUT2D eigenvalue weighted by Gasteiger charge is -2.21. The summed E-state index contributed by atoms with van der Waals surface area (Å²) in [6, 6.07) is 9.93. The van der Waals surface area contributed by atoms with Crippen LogP contribution in [-0.4, -0.2) is 52.2 Å². The van der Waals surface area contributed by atoms with Gasteiger partial charge in [-0.05, 0) is 44.4 Å². The Bertz CT molecular complexity index is 1020. The summed E-state index contributed by atoms with van der Waals surface area (Å²) in [6.45, 7) is 6.22. The van der Waals surface area contributed by atoms with Crippen LogP contribution in [-0.2, 0) is 0 Å². The van der Waals surface area contributed by atoms with Crippen molar-refractivity contribution in [1.82, 2.24) is 24.9 Å². The molecule has 3 aromatic rings. The highest BCUT2D eigenvalue weighted by Crippen LogP contribution is 2.31. The zero-order valence-electron chi connectivity index (χ0n) is 16.3. The number of methoxy groups -OCH3 is 1. The number of benzene rings is 1. The molecular weight excluding hydrogens is 356 g/mol. The zero-order chi connectivity index (χ0) is 19.7. The number of aromatic nitrogens is 4. The van der Waals surface area contributed by atoms with Crippen LogP contribution >= 0.6 is 0 Å². The van der Waals surface area contributed by atoms with Gasteiger partial charge >= 0.3 is 0 Å². The summed E-state index contributed by atoms with van der Waals surface area (Å²) < 4.78 is 7.06. The van der Waals surface area contributed by atoms with E-state index in [0.29, 0.717) is 18.2 Å². The Kier molecular flexibility index (Phi) is 4.85. The van der Waals surface area contributed by atoms with Crippen LogP contribution in [0.4, 0.5) is 5.69 Å². The average molecular weight is 380 g/mol. The third-order valence-electron chi connectivity index (χ3n) is 5.08. The van der Waals surface area contributed by atoms with Gasteiger partial charge in [-0.1, -0.05) is 12.1 Å². The van der Waals surface area contributed by atoms with Crippen molar-refractivity contribution in [1.29, 1.82) is 0 Å². The van der Waals surface area contributed by atoms with E-state index in [0.717, 1.165) is 42.3 Å². The average Bonchev–Trinajstić information content (AvgIpc) is 3.33. The SMILES string of the molecule is COc1ccccc1N1CCC(CNC(=O)c2nc3nc(C)cc(C)n3n2)C1. The molecule has 0 saturated carbocycles. The largest absolute Gasteiger partial charge is 0.495 e. The Morgan fingerprint density at radius 2 is 2.11 bits per heavy atom. The molecule has 1 unspecified atom stereocenters. The van der Waals surface area contributed by atoms with Gasteiger partial charge in [-0.25, -0.2) is 9.50 Å². The molecule has 1 aliphatic heterocycles. The molecule has 3 heterocycles. The molecule has 28 heavy (non-hydrogen) atoms. The number of hydrogen-bond donors (Lipinski definition) is 1. The molecule has 1 fully saturated rings. The lowest BCUT2D eigenvalue weighted by Crippen LogP contribution is -2.31. The van der Waals surface area contributed by atoms with Crippen molar-refractivity contribution < 1.29 is 9.53 Å². The number of carbonyl (C=O) groups excluding carboxylic acids is 1. The fraction of sp³-hybridized carbons (Fsp3) is 0.400. The van der Waals surface area contributed by atoms with Crippen molar-refractivity contribution in [2.24, 2.45) is 5.92 Å². The maximum absolute atomic E-state index is 12.5. The van der Waals surface area contributed by atoms with Gasteiger partial charge < -0.3 is 15.0 Å². The number of aryl methyl sites for hydroxylation is 2. The number of carbonyl (C=O) groups is 1. The Balaban J connectivity index is 1.39. The highest BCUT2D eigenvalue weighted by molar-refractivity contribution is 5.90. The molecule has 0 radical (unpaired) electrons. The molecule has 4 rings (SSSR count). The van der Waals surface area contributed by atoms with Crippen molar-refractivity contribution in [3.05, 3.63) is 47.5 Å². The number of amides is 1. The molecule has 1 aromatic carbocycles. The van der Waals surface area contributed by atoms with Gasteiger partial charge in [0.05, 0.1) is 12.8 Å². The molecule has 146 valence electrons. The number of ether oxygens (including phenoxy) is 1. The predicted octanol–water partition coefficient (Wildman–Crippen LogP) is 2.01. The summed E-state index contributed by atoms with van der Waals surface area (Å²) in [7, 11) is 1.69. The quantitative estimate of drug-likeness (QED) is 0.729. The van der Waals surface area contributed by atoms with Crippen LogP contribution in [0, 0.1) is 19.8 Å². The first-order chi connectivity index (χ1) is 13.5. The lowest BCUT2D eigenvalue weighted by atomic mass is 10.1. The minimum Gasteiger partial charge on any atom is -0.495 e. The first-order valence-corrected chi connectivity index (χ1v) is 9.42. The molecule has 8 nitrogen and oxygen atoms in total. The van der Waals surface area contributed by atoms with Crippen molar-refractivity contribution >= 4 is 17.4 Å². The van der Waals surface area contributed by atoms with Crippen molar-refractivity contribution in [2.45, 2.75) is 20.3 Å². The van der Waals surface area contributed by atoms with E-state index in [4.69, 9.17) is 4.74 Å². The lowest BCUT2D eigenvalue weighted by molar-refractivity contribution is 0.0938. The van der Waals surface area contributed by atoms with E-state index in [2.05, 4.69) is 31.3 Å². The van der Waals surface area contributed by atoms with Crippen LogP contribution in [0.2, 0.25) is 0 Å². The van der Waals surface area contributed by atoms with E-state index in [-0.39, 0.29) is 11.7 Å². The second-order valence-electron chi connectivity index (χ2n) is 7.17. The second kappa shape index (κ2) is 7.46. The summed E-state index contributed by atoms with van der Waals surface area (Å²) in [5, 5.41) is 7.26. The third-order valence-corrected chi connectivity index (χ3v) is 5.08. The molecule has 0 spiro atoms. The normalized spacial score (nSPS) is 16.5. The van der Waals surface area contributed by atoms with Crippen LogP contribution in [0.5, 0.6) is 5.75 Å². The molecule has 1 N–H and O–H groups in total. The summed E-state index contributed by atoms with van der Waals surface area (Å²) in [4.78, 5) is 23.4. The first kappa shape index (κ1) is 18.2. The van der Waals surface area contributed by atoms with E-state index in [1.165, 1.54) is 0 Å². The molecule has 0 bridgehead atoms. The molecule has 2 aromatic heterocycles. The van der Waals surface area contributed by atoms with Crippen LogP contribution in [0.3, 0.4) is 0 Å². The number of fused-ring (bicyclic) bond motifs is 1. The topological polar surface area (TPSA) is 84.6 Å². The maximum Gasteiger partial charge on any atom is 0.291 e. The second-order valence-corrected chi connectivity index (χ2v) is 7.17. The molecule has 1 saturated heterocycles. The van der Waals surface area contributed by atoms with Gasteiger partial charge in [0.15, 0.2) is 0 Å². The predicted molar refractivity (Wildman–Crippen MR) is 106 cm³/mol. The Hall–Kier alpha value is -3.16. The van der Waals surface area contributed by atoms with E-state index >= 15 is 0 Å². The van der Waals surface area contributed by atoms with Crippen molar-refractivity contribution in [3.8, 4) is 5.75 Å². The zero-order valence-corrected chi connectivity index (χ0v) is 16.3. The van der Waals surface area contributed by atoms with Gasteiger partial charge in [0.25, 0.3) is 11.7 Å². The molecule has 1 aliphatic rings. The van der Waals surface area contributed by atoms with E-state index in [1.807, 2.05) is 38.1 Å². The Morgan fingerprint density at radius 3 is 2.93 bits per heavy atom. The summed E-state index contributed by atoms with van der Waals surface area (Å²) in [5.41, 5.74) is 2.85. The fourth-order valence-corrected chi connectivity index (χ4v) is 3.69. The summed E-state index contributed by atoms with van der Waals surface area (Å²) >= 11 is 0. The Labute approximate surface area is 163 Å². The Morgan fingerprint density at radius 1 is 1.29 bits per heavy atom. The van der Waals surface area contributed by atoms with Gasteiger partial charge in [-0.3, -0.25) is 4.79 Å². The standard InChI is InChI=1S/C20H24N6O2/c1-13-10-14(2)26-20(22-13)23-18(24-26)19(27)21-11-15-8-9-25(12-15)16-6-4-5-7-17(16)28-3/h4-7,10,15H,8-9,11-12H2,1-3H3,(H,21,27). The smallest absolute Gasteiger partial charge is 0.291 e. The van der Waals surface area contributed by atoms with Crippen LogP contribution in [0.15, 0.2) is 30.3 Å². The molecule has 1 atom stereocenters. The number of anilines is 1. The number of nitrogens with one attached hydrogen (secondary N) is 1. The summed E-state index contributed by atoms with van der Waals surface area (Å²) in [6.07, 6.45) is 1.01. The van der Waals surface area contributed by atoms with Gasteiger partial charge in [0, 0.05) is 31.0 Å². The van der Waals surface area contributed by atoms with Gasteiger partial charge in [0.1, 0.15) is 5.75 Å². The summed E-state index contributed by atoms with van der Waals surface area (Å²) in [5.74, 6) is 1.58. The first-order valence-electron chi connectivity index (χ1n) is 9.42. The molecule has 1 amide bonds. The minimum atomic E-state index is -0.265. The number of rotatable bonds is 5. The molecule has 0 aliphatic carbocycles. The van der Waals surface area contributed by atoms with Crippen LogP contribution in [0.1, 0.15) is 28.4 Å². The van der Waals surface area contributed by atoms with Gasteiger partial charge in [0.2, 0.25) is 5.82 Å². The van der Waals surface area contributed by atoms with E-state index in [9.17, 15) is 4.79 Å². The van der Waals surface area contributed by atoms with Crippen molar-refractivity contribution in [2.75, 3.05) is 31.6 Å². The van der Waals surface area contributed by atoms with Crippen molar-refractivity contribution in [3.63, 3.8) is 0 Å². The monoisotopic (exact) mass is 380 g/mol. The third kappa shape index (κ3) is 3.49. The van der Waals surface area contributed by atoms with Gasteiger partial charge in [-0.2, -0.15) is 4.98 Å². The number of para-hydroxylation sites is 2. The highest BCUT2D eigenvalue weighted by atomic mass is 16.5. The van der Waals surface area contributed by atoms with Crippen LogP contribution < -0.4 is 15.0 Å². The maximum atomic E-state index is 12.5. The number of hydrogen-bond acceptors (Lipinski definition) is 6. The minimum absolute atomic E-state index is 0.154. The van der Waals surface area contributed by atoms with E-state index < -0.39 is 0 Å². The van der Waals surface area contributed by atoms with E-state index in [1.54, 1.807) is 11.6 Å². The number of nitrogens with zero attached hydrogens (tertiary/aromatic N) is 5. The van der Waals surface area contributed by atoms with Crippen LogP contribution in [0.25, 0.3) is 5.78 Å². The fourth-order valence-electron chi connectivity index (χ4n) is 3.69. The molecule has 8 heteroatoms. The highest BCUT2D eigenvalue weighted by Gasteiger charge is 2.25.